The van der Waals surface area contributed by atoms with Crippen LogP contribution in [0, 0.1) is 11.8 Å². The van der Waals surface area contributed by atoms with Crippen LogP contribution in [0.25, 0.3) is 0 Å². The third-order valence-electron chi connectivity index (χ3n) is 5.03. The molecule has 0 aliphatic carbocycles. The molecule has 138 valence electrons. The predicted molar refractivity (Wildman–Crippen MR) is 102 cm³/mol. The maximum absolute atomic E-state index is 12.8. The van der Waals surface area contributed by atoms with Crippen molar-refractivity contribution in [3.05, 3.63) is 29.3 Å². The van der Waals surface area contributed by atoms with E-state index in [1.165, 1.54) is 0 Å². The van der Waals surface area contributed by atoms with Crippen molar-refractivity contribution in [3.63, 3.8) is 0 Å². The lowest BCUT2D eigenvalue weighted by Crippen LogP contribution is -2.43. The van der Waals surface area contributed by atoms with E-state index < -0.39 is 0 Å². The van der Waals surface area contributed by atoms with Crippen molar-refractivity contribution in [3.8, 4) is 0 Å². The third kappa shape index (κ3) is 4.66. The summed E-state index contributed by atoms with van der Waals surface area (Å²) in [5, 5.41) is 3.85. The molecular weight excluding hydrogens is 361 g/mol. The standard InChI is InChI=1S/C18H24ClN3O2.ClH/c1-20-11-13-6-8-21(9-7-13)18(24)14-10-17(23)22(12-14)16-4-2-15(19)3-5-16;/h2-5,13-14,20H,6-12H2,1H3;1H. The first-order valence-electron chi connectivity index (χ1n) is 8.58. The van der Waals surface area contributed by atoms with Gasteiger partial charge in [0.2, 0.25) is 11.8 Å². The van der Waals surface area contributed by atoms with E-state index >= 15 is 0 Å². The Kier molecular flexibility index (Phi) is 7.11. The molecule has 5 nitrogen and oxygen atoms in total. The van der Waals surface area contributed by atoms with Gasteiger partial charge in [-0.1, -0.05) is 11.6 Å². The quantitative estimate of drug-likeness (QED) is 0.866. The molecule has 3 rings (SSSR count). The van der Waals surface area contributed by atoms with Gasteiger partial charge in [-0.15, -0.1) is 12.4 Å². The second-order valence-electron chi connectivity index (χ2n) is 6.71. The van der Waals surface area contributed by atoms with E-state index in [4.69, 9.17) is 11.6 Å². The van der Waals surface area contributed by atoms with Crippen LogP contribution in [-0.4, -0.2) is 49.9 Å². The molecular formula is C18H25Cl2N3O2. The van der Waals surface area contributed by atoms with Crippen molar-refractivity contribution in [2.24, 2.45) is 11.8 Å². The highest BCUT2D eigenvalue weighted by Crippen LogP contribution is 2.28. The molecule has 2 amide bonds. The molecule has 2 aliphatic rings. The number of nitrogens with zero attached hydrogens (tertiary/aromatic N) is 2. The Hall–Kier alpha value is -1.30. The number of hydrogen-bond acceptors (Lipinski definition) is 3. The molecule has 2 heterocycles. The molecule has 2 fully saturated rings. The lowest BCUT2D eigenvalue weighted by Gasteiger charge is -2.33. The van der Waals surface area contributed by atoms with Gasteiger partial charge in [0.25, 0.3) is 0 Å². The number of hydrogen-bond donors (Lipinski definition) is 1. The zero-order valence-electron chi connectivity index (χ0n) is 14.4. The average Bonchev–Trinajstić information content (AvgIpc) is 2.98. The van der Waals surface area contributed by atoms with E-state index in [1.807, 2.05) is 24.1 Å². The summed E-state index contributed by atoms with van der Waals surface area (Å²) in [6.07, 6.45) is 2.38. The summed E-state index contributed by atoms with van der Waals surface area (Å²) in [7, 11) is 1.97. The third-order valence-corrected chi connectivity index (χ3v) is 5.28. The summed E-state index contributed by atoms with van der Waals surface area (Å²) >= 11 is 5.90. The van der Waals surface area contributed by atoms with Gasteiger partial charge in [-0.05, 0) is 56.6 Å². The molecule has 1 atom stereocenters. The zero-order chi connectivity index (χ0) is 17.1. The molecule has 25 heavy (non-hydrogen) atoms. The Bertz CT molecular complexity index is 601. The van der Waals surface area contributed by atoms with Crippen molar-refractivity contribution in [1.82, 2.24) is 10.2 Å². The number of benzene rings is 1. The maximum atomic E-state index is 12.8. The largest absolute Gasteiger partial charge is 0.342 e. The average molecular weight is 386 g/mol. The number of likely N-dealkylation sites (tertiary alicyclic amines) is 1. The summed E-state index contributed by atoms with van der Waals surface area (Å²) in [6, 6.07) is 7.20. The monoisotopic (exact) mass is 385 g/mol. The second-order valence-corrected chi connectivity index (χ2v) is 7.14. The number of carbonyl (C=O) groups is 2. The van der Waals surface area contributed by atoms with E-state index in [9.17, 15) is 9.59 Å². The first kappa shape index (κ1) is 20.0. The fourth-order valence-corrected chi connectivity index (χ4v) is 3.77. The number of carbonyl (C=O) groups excluding carboxylic acids is 2. The van der Waals surface area contributed by atoms with E-state index in [0.29, 0.717) is 23.9 Å². The zero-order valence-corrected chi connectivity index (χ0v) is 16.0. The van der Waals surface area contributed by atoms with Gasteiger partial charge in [-0.3, -0.25) is 9.59 Å². The molecule has 2 aliphatic heterocycles. The minimum absolute atomic E-state index is 0. The Morgan fingerprint density at radius 2 is 1.88 bits per heavy atom. The summed E-state index contributed by atoms with van der Waals surface area (Å²) in [5.41, 5.74) is 0.812. The second kappa shape index (κ2) is 8.88. The fourth-order valence-electron chi connectivity index (χ4n) is 3.65. The van der Waals surface area contributed by atoms with Gasteiger partial charge >= 0.3 is 0 Å². The van der Waals surface area contributed by atoms with Crippen LogP contribution in [-0.2, 0) is 9.59 Å². The Morgan fingerprint density at radius 1 is 1.24 bits per heavy atom. The summed E-state index contributed by atoms with van der Waals surface area (Å²) in [4.78, 5) is 28.7. The van der Waals surface area contributed by atoms with Crippen LogP contribution in [0.2, 0.25) is 5.02 Å². The highest BCUT2D eigenvalue weighted by atomic mass is 35.5. The number of amides is 2. The van der Waals surface area contributed by atoms with Crippen molar-refractivity contribution < 1.29 is 9.59 Å². The molecule has 1 N–H and O–H groups in total. The van der Waals surface area contributed by atoms with Gasteiger partial charge in [0.05, 0.1) is 5.92 Å². The predicted octanol–water partition coefficient (Wildman–Crippen LogP) is 2.57. The van der Waals surface area contributed by atoms with Crippen LogP contribution in [0.15, 0.2) is 24.3 Å². The van der Waals surface area contributed by atoms with E-state index in [0.717, 1.165) is 38.2 Å². The van der Waals surface area contributed by atoms with Crippen molar-refractivity contribution >= 4 is 41.5 Å². The molecule has 1 unspecified atom stereocenters. The topological polar surface area (TPSA) is 52.7 Å². The van der Waals surface area contributed by atoms with Crippen LogP contribution >= 0.6 is 24.0 Å². The lowest BCUT2D eigenvalue weighted by atomic mass is 9.95. The Morgan fingerprint density at radius 3 is 2.48 bits per heavy atom. The van der Waals surface area contributed by atoms with Crippen LogP contribution in [0.5, 0.6) is 0 Å². The van der Waals surface area contributed by atoms with E-state index in [-0.39, 0.29) is 30.1 Å². The summed E-state index contributed by atoms with van der Waals surface area (Å²) in [6.45, 7) is 3.08. The van der Waals surface area contributed by atoms with Crippen LogP contribution < -0.4 is 10.2 Å². The van der Waals surface area contributed by atoms with E-state index in [1.54, 1.807) is 17.0 Å². The van der Waals surface area contributed by atoms with Crippen LogP contribution in [0.4, 0.5) is 5.69 Å². The summed E-state index contributed by atoms with van der Waals surface area (Å²) in [5.74, 6) is 0.562. The highest BCUT2D eigenvalue weighted by molar-refractivity contribution is 6.30. The molecule has 2 saturated heterocycles. The van der Waals surface area contributed by atoms with Gasteiger partial charge in [0.1, 0.15) is 0 Å². The normalized spacial score (nSPS) is 21.4. The molecule has 7 heteroatoms. The minimum Gasteiger partial charge on any atom is -0.342 e. The van der Waals surface area contributed by atoms with Gasteiger partial charge in [-0.25, -0.2) is 0 Å². The molecule has 0 bridgehead atoms. The number of halogens is 2. The van der Waals surface area contributed by atoms with Crippen LogP contribution in [0.1, 0.15) is 19.3 Å². The van der Waals surface area contributed by atoms with Crippen molar-refractivity contribution in [1.29, 1.82) is 0 Å². The fraction of sp³-hybridized carbons (Fsp3) is 0.556. The minimum atomic E-state index is -0.228. The number of rotatable bonds is 4. The molecule has 0 aromatic heterocycles. The van der Waals surface area contributed by atoms with E-state index in [2.05, 4.69) is 5.32 Å². The molecule has 1 aromatic rings. The van der Waals surface area contributed by atoms with Gasteiger partial charge in [-0.2, -0.15) is 0 Å². The first-order chi connectivity index (χ1) is 11.6. The number of anilines is 1. The van der Waals surface area contributed by atoms with Gasteiger partial charge in [0.15, 0.2) is 0 Å². The smallest absolute Gasteiger partial charge is 0.228 e. The van der Waals surface area contributed by atoms with Crippen molar-refractivity contribution in [2.75, 3.05) is 38.1 Å². The first-order valence-corrected chi connectivity index (χ1v) is 8.95. The van der Waals surface area contributed by atoms with Gasteiger partial charge < -0.3 is 15.1 Å². The number of nitrogens with one attached hydrogen (secondary N) is 1. The molecule has 1 aromatic carbocycles. The van der Waals surface area contributed by atoms with Crippen LogP contribution in [0.3, 0.4) is 0 Å². The molecule has 0 spiro atoms. The molecule has 0 saturated carbocycles. The SMILES string of the molecule is CNCC1CCN(C(=O)C2CC(=O)N(c3ccc(Cl)cc3)C2)CC1.Cl. The summed E-state index contributed by atoms with van der Waals surface area (Å²) < 4.78 is 0. The molecule has 0 radical (unpaired) electrons. The number of piperidine rings is 1. The lowest BCUT2D eigenvalue weighted by molar-refractivity contribution is -0.137. The van der Waals surface area contributed by atoms with Gasteiger partial charge in [0, 0.05) is 36.8 Å². The van der Waals surface area contributed by atoms with Crippen molar-refractivity contribution in [2.45, 2.75) is 19.3 Å². The Balaban J connectivity index is 0.00000225. The maximum Gasteiger partial charge on any atom is 0.228 e. The highest BCUT2D eigenvalue weighted by Gasteiger charge is 2.37. The Labute approximate surface area is 160 Å².